The third-order valence-electron chi connectivity index (χ3n) is 2.25. The van der Waals surface area contributed by atoms with Crippen molar-refractivity contribution < 1.29 is 19.4 Å². The number of nitrogens with one attached hydrogen (secondary N) is 1. The minimum atomic E-state index is -1.06. The molecule has 0 aliphatic heterocycles. The van der Waals surface area contributed by atoms with Crippen molar-refractivity contribution in [2.24, 2.45) is 0 Å². The predicted molar refractivity (Wildman–Crippen MR) is 71.8 cm³/mol. The van der Waals surface area contributed by atoms with E-state index < -0.39 is 11.9 Å². The summed E-state index contributed by atoms with van der Waals surface area (Å²) in [7, 11) is 0. The van der Waals surface area contributed by atoms with Gasteiger partial charge in [0, 0.05) is 0 Å². The Morgan fingerprint density at radius 3 is 2.63 bits per heavy atom. The van der Waals surface area contributed by atoms with Gasteiger partial charge in [-0.15, -0.1) is 11.3 Å². The molecule has 1 aromatic heterocycles. The zero-order chi connectivity index (χ0) is 13.7. The highest BCUT2D eigenvalue weighted by molar-refractivity contribution is 7.12. The molecule has 0 atom stereocenters. The molecule has 1 heterocycles. The second kappa shape index (κ2) is 6.01. The first-order chi connectivity index (χ1) is 9.16. The highest BCUT2D eigenvalue weighted by Crippen LogP contribution is 2.22. The Balaban J connectivity index is 1.91. The summed E-state index contributed by atoms with van der Waals surface area (Å²) in [5, 5.41) is 13.0. The zero-order valence-electron chi connectivity index (χ0n) is 9.83. The van der Waals surface area contributed by atoms with Crippen molar-refractivity contribution in [2.75, 3.05) is 11.9 Å². The van der Waals surface area contributed by atoms with Gasteiger partial charge in [0.15, 0.2) is 6.61 Å². The van der Waals surface area contributed by atoms with E-state index in [0.717, 1.165) is 11.3 Å². The maximum atomic E-state index is 11.6. The van der Waals surface area contributed by atoms with Gasteiger partial charge < -0.3 is 15.2 Å². The van der Waals surface area contributed by atoms with Gasteiger partial charge in [0.05, 0.1) is 5.69 Å². The summed E-state index contributed by atoms with van der Waals surface area (Å²) < 4.78 is 5.26. The molecule has 5 nitrogen and oxygen atoms in total. The minimum absolute atomic E-state index is 0.105. The van der Waals surface area contributed by atoms with E-state index in [9.17, 15) is 9.59 Å². The maximum absolute atomic E-state index is 11.6. The molecule has 19 heavy (non-hydrogen) atoms. The van der Waals surface area contributed by atoms with Crippen LogP contribution in [0.5, 0.6) is 5.75 Å². The Morgan fingerprint density at radius 2 is 1.95 bits per heavy atom. The SMILES string of the molecule is O=C(COc1ccccc1)Nc1ccsc1C(=O)O. The second-order valence-corrected chi connectivity index (χ2v) is 4.53. The first kappa shape index (κ1) is 13.1. The third kappa shape index (κ3) is 3.56. The minimum Gasteiger partial charge on any atom is -0.484 e. The number of thiophene rings is 1. The van der Waals surface area contributed by atoms with Gasteiger partial charge in [-0.1, -0.05) is 18.2 Å². The van der Waals surface area contributed by atoms with Crippen molar-refractivity contribution in [1.82, 2.24) is 0 Å². The lowest BCUT2D eigenvalue weighted by Crippen LogP contribution is -2.20. The molecule has 2 N–H and O–H groups in total. The molecular weight excluding hydrogens is 266 g/mol. The molecule has 0 aliphatic carbocycles. The molecule has 6 heteroatoms. The highest BCUT2D eigenvalue weighted by atomic mass is 32.1. The van der Waals surface area contributed by atoms with Crippen LogP contribution in [0.2, 0.25) is 0 Å². The number of benzene rings is 1. The van der Waals surface area contributed by atoms with Gasteiger partial charge in [0.2, 0.25) is 0 Å². The molecule has 1 aromatic carbocycles. The second-order valence-electron chi connectivity index (χ2n) is 3.62. The molecule has 0 aliphatic rings. The van der Waals surface area contributed by atoms with Crippen LogP contribution in [-0.2, 0) is 4.79 Å². The standard InChI is InChI=1S/C13H11NO4S/c15-11(8-18-9-4-2-1-3-5-9)14-10-6-7-19-12(10)13(16)17/h1-7H,8H2,(H,14,15)(H,16,17). The number of carbonyl (C=O) groups is 2. The monoisotopic (exact) mass is 277 g/mol. The van der Waals surface area contributed by atoms with E-state index in [2.05, 4.69) is 5.32 Å². The molecule has 98 valence electrons. The number of para-hydroxylation sites is 1. The average Bonchev–Trinajstić information content (AvgIpc) is 2.86. The fraction of sp³-hybridized carbons (Fsp3) is 0.0769. The summed E-state index contributed by atoms with van der Waals surface area (Å²) in [5.74, 6) is -0.875. The van der Waals surface area contributed by atoms with Crippen LogP contribution >= 0.6 is 11.3 Å². The molecule has 0 saturated heterocycles. The number of carbonyl (C=O) groups excluding carboxylic acids is 1. The van der Waals surface area contributed by atoms with Gasteiger partial charge in [-0.25, -0.2) is 4.79 Å². The first-order valence-electron chi connectivity index (χ1n) is 5.45. The van der Waals surface area contributed by atoms with Gasteiger partial charge in [-0.3, -0.25) is 4.79 Å². The van der Waals surface area contributed by atoms with Gasteiger partial charge in [0.25, 0.3) is 5.91 Å². The van der Waals surface area contributed by atoms with Gasteiger partial charge in [-0.2, -0.15) is 0 Å². The predicted octanol–water partition coefficient (Wildman–Crippen LogP) is 2.46. The topological polar surface area (TPSA) is 75.6 Å². The van der Waals surface area contributed by atoms with E-state index in [1.165, 1.54) is 0 Å². The fourth-order valence-corrected chi connectivity index (χ4v) is 2.11. The van der Waals surface area contributed by atoms with Gasteiger partial charge in [-0.05, 0) is 23.6 Å². The zero-order valence-corrected chi connectivity index (χ0v) is 10.6. The molecular formula is C13H11NO4S. The lowest BCUT2D eigenvalue weighted by molar-refractivity contribution is -0.118. The number of anilines is 1. The lowest BCUT2D eigenvalue weighted by atomic mass is 10.3. The van der Waals surface area contributed by atoms with Crippen LogP contribution < -0.4 is 10.1 Å². The fourth-order valence-electron chi connectivity index (χ4n) is 1.43. The van der Waals surface area contributed by atoms with E-state index >= 15 is 0 Å². The Kier molecular flexibility index (Phi) is 4.15. The van der Waals surface area contributed by atoms with Crippen LogP contribution in [0.1, 0.15) is 9.67 Å². The quantitative estimate of drug-likeness (QED) is 0.880. The Labute approximate surface area is 113 Å². The number of amides is 1. The Hall–Kier alpha value is -2.34. The third-order valence-corrected chi connectivity index (χ3v) is 3.15. The summed E-state index contributed by atoms with van der Waals surface area (Å²) in [6.45, 7) is -0.168. The van der Waals surface area contributed by atoms with Crippen molar-refractivity contribution in [3.8, 4) is 5.75 Å². The number of aromatic carboxylic acids is 1. The van der Waals surface area contributed by atoms with Crippen molar-refractivity contribution in [1.29, 1.82) is 0 Å². The molecule has 1 amide bonds. The molecule has 0 unspecified atom stereocenters. The molecule has 2 rings (SSSR count). The van der Waals surface area contributed by atoms with Crippen LogP contribution in [0.25, 0.3) is 0 Å². The summed E-state index contributed by atoms with van der Waals surface area (Å²) in [4.78, 5) is 22.6. The van der Waals surface area contributed by atoms with Crippen LogP contribution in [0.3, 0.4) is 0 Å². The molecule has 0 fully saturated rings. The normalized spacial score (nSPS) is 9.89. The molecule has 2 aromatic rings. The smallest absolute Gasteiger partial charge is 0.348 e. The van der Waals surface area contributed by atoms with Crippen molar-refractivity contribution in [3.05, 3.63) is 46.7 Å². The summed E-state index contributed by atoms with van der Waals surface area (Å²) in [6, 6.07) is 10.5. The van der Waals surface area contributed by atoms with Gasteiger partial charge in [0.1, 0.15) is 10.6 Å². The summed E-state index contributed by atoms with van der Waals surface area (Å²) >= 11 is 1.06. The van der Waals surface area contributed by atoms with E-state index in [1.54, 1.807) is 35.7 Å². The first-order valence-corrected chi connectivity index (χ1v) is 6.33. The Morgan fingerprint density at radius 1 is 1.21 bits per heavy atom. The van der Waals surface area contributed by atoms with Gasteiger partial charge >= 0.3 is 5.97 Å². The number of carboxylic acid groups (broad SMARTS) is 1. The van der Waals surface area contributed by atoms with Crippen molar-refractivity contribution >= 4 is 28.9 Å². The number of carboxylic acids is 1. The van der Waals surface area contributed by atoms with E-state index in [0.29, 0.717) is 11.4 Å². The summed E-state index contributed by atoms with van der Waals surface area (Å²) in [6.07, 6.45) is 0. The average molecular weight is 277 g/mol. The highest BCUT2D eigenvalue weighted by Gasteiger charge is 2.14. The van der Waals surface area contributed by atoms with E-state index in [-0.39, 0.29) is 11.5 Å². The van der Waals surface area contributed by atoms with Crippen LogP contribution in [-0.4, -0.2) is 23.6 Å². The van der Waals surface area contributed by atoms with Crippen LogP contribution in [0.4, 0.5) is 5.69 Å². The van der Waals surface area contributed by atoms with Crippen LogP contribution in [0, 0.1) is 0 Å². The maximum Gasteiger partial charge on any atom is 0.348 e. The Bertz CT molecular complexity index is 579. The van der Waals surface area contributed by atoms with E-state index in [4.69, 9.17) is 9.84 Å². The van der Waals surface area contributed by atoms with Crippen LogP contribution in [0.15, 0.2) is 41.8 Å². The molecule has 0 radical (unpaired) electrons. The molecule has 0 bridgehead atoms. The molecule has 0 spiro atoms. The number of ether oxygens (including phenoxy) is 1. The lowest BCUT2D eigenvalue weighted by Gasteiger charge is -2.06. The van der Waals surface area contributed by atoms with E-state index in [1.807, 2.05) is 6.07 Å². The summed E-state index contributed by atoms with van der Waals surface area (Å²) in [5.41, 5.74) is 0.291. The number of rotatable bonds is 5. The largest absolute Gasteiger partial charge is 0.484 e. The number of hydrogen-bond acceptors (Lipinski definition) is 4. The van der Waals surface area contributed by atoms with Crippen molar-refractivity contribution in [3.63, 3.8) is 0 Å². The number of hydrogen-bond donors (Lipinski definition) is 2. The molecule has 0 saturated carbocycles. The van der Waals surface area contributed by atoms with Crippen molar-refractivity contribution in [2.45, 2.75) is 0 Å².